The molecule has 0 saturated carbocycles. The fourth-order valence-corrected chi connectivity index (χ4v) is 3.10. The van der Waals surface area contributed by atoms with Gasteiger partial charge in [-0.1, -0.05) is 0 Å². The molecule has 3 nitrogen and oxygen atoms in total. The largest absolute Gasteiger partial charge is 0.426 e. The van der Waals surface area contributed by atoms with E-state index in [-0.39, 0.29) is 0 Å². The van der Waals surface area contributed by atoms with Gasteiger partial charge in [0, 0.05) is 23.6 Å². The average Bonchev–Trinajstić information content (AvgIpc) is 2.83. The van der Waals surface area contributed by atoms with E-state index < -0.39 is 0 Å². The van der Waals surface area contributed by atoms with E-state index in [2.05, 4.69) is 4.98 Å². The number of thiazole rings is 1. The number of rotatable bonds is 3. The lowest BCUT2D eigenvalue weighted by Crippen LogP contribution is -1.83. The fourth-order valence-electron chi connectivity index (χ4n) is 1.80. The van der Waals surface area contributed by atoms with Gasteiger partial charge >= 0.3 is 0 Å². The molecule has 0 fully saturated rings. The van der Waals surface area contributed by atoms with Gasteiger partial charge in [0.2, 0.25) is 0 Å². The number of nitrogen functional groups attached to an aromatic ring is 1. The number of nitrogens with two attached hydrogens (primary N) is 1. The molecule has 19 heavy (non-hydrogen) atoms. The summed E-state index contributed by atoms with van der Waals surface area (Å²) in [5, 5.41) is 0.997. The number of aromatic nitrogens is 1. The molecule has 0 aliphatic rings. The summed E-state index contributed by atoms with van der Waals surface area (Å²) >= 11 is 2.99. The molecule has 0 aliphatic carbocycles. The van der Waals surface area contributed by atoms with Crippen molar-refractivity contribution in [1.29, 1.82) is 0 Å². The van der Waals surface area contributed by atoms with Crippen LogP contribution in [0.15, 0.2) is 42.5 Å². The number of nitrogens with zero attached hydrogens (tertiary/aromatic N) is 1. The molecule has 0 bridgehead atoms. The molecule has 0 radical (unpaired) electrons. The van der Waals surface area contributed by atoms with Crippen molar-refractivity contribution in [2.45, 2.75) is 0 Å². The van der Waals surface area contributed by atoms with Gasteiger partial charge < -0.3 is 9.92 Å². The Balaban J connectivity index is 2.03. The van der Waals surface area contributed by atoms with Crippen molar-refractivity contribution >= 4 is 39.3 Å². The molecular weight excluding hydrogens is 276 g/mol. The molecule has 1 aromatic heterocycles. The van der Waals surface area contributed by atoms with Gasteiger partial charge in [-0.05, 0) is 36.4 Å². The number of hydrogen-bond donors (Lipinski definition) is 1. The molecule has 3 aromatic rings. The lowest BCUT2D eigenvalue weighted by Gasteiger charge is -1.98. The Morgan fingerprint density at radius 1 is 1.16 bits per heavy atom. The SMILES string of the molecule is CSOc1ccc2nc(-c3ccc(N)cc3)sc2c1. The van der Waals surface area contributed by atoms with Crippen LogP contribution in [-0.4, -0.2) is 11.2 Å². The van der Waals surface area contributed by atoms with E-state index in [4.69, 9.17) is 9.92 Å². The maximum atomic E-state index is 5.70. The first-order valence-electron chi connectivity index (χ1n) is 5.73. The Morgan fingerprint density at radius 3 is 2.68 bits per heavy atom. The first kappa shape index (κ1) is 12.3. The van der Waals surface area contributed by atoms with Crippen LogP contribution in [0.1, 0.15) is 0 Å². The van der Waals surface area contributed by atoms with E-state index in [0.29, 0.717) is 0 Å². The van der Waals surface area contributed by atoms with Crippen molar-refractivity contribution in [2.24, 2.45) is 0 Å². The van der Waals surface area contributed by atoms with E-state index in [0.717, 1.165) is 32.2 Å². The minimum Gasteiger partial charge on any atom is -0.426 e. The number of fused-ring (bicyclic) bond motifs is 1. The predicted octanol–water partition coefficient (Wildman–Crippen LogP) is 4.20. The molecule has 96 valence electrons. The monoisotopic (exact) mass is 288 g/mol. The molecule has 2 aromatic carbocycles. The highest BCUT2D eigenvalue weighted by atomic mass is 32.2. The van der Waals surface area contributed by atoms with Crippen LogP contribution in [0.4, 0.5) is 5.69 Å². The molecule has 0 saturated heterocycles. The van der Waals surface area contributed by atoms with Crippen LogP contribution in [0.25, 0.3) is 20.8 Å². The minimum atomic E-state index is 0.764. The number of hydrogen-bond acceptors (Lipinski definition) is 5. The third-order valence-corrected chi connectivity index (χ3v) is 4.12. The summed E-state index contributed by atoms with van der Waals surface area (Å²) in [5.74, 6) is 0.854. The van der Waals surface area contributed by atoms with Crippen LogP contribution in [0.3, 0.4) is 0 Å². The van der Waals surface area contributed by atoms with Gasteiger partial charge in [-0.3, -0.25) is 0 Å². The fraction of sp³-hybridized carbons (Fsp3) is 0.0714. The Bertz CT molecular complexity index is 707. The van der Waals surface area contributed by atoms with Crippen molar-refractivity contribution in [1.82, 2.24) is 4.98 Å². The summed E-state index contributed by atoms with van der Waals surface area (Å²) in [6.45, 7) is 0. The smallest absolute Gasteiger partial charge is 0.138 e. The van der Waals surface area contributed by atoms with Crippen molar-refractivity contribution in [2.75, 3.05) is 12.0 Å². The third kappa shape index (κ3) is 2.52. The maximum Gasteiger partial charge on any atom is 0.138 e. The van der Waals surface area contributed by atoms with E-state index >= 15 is 0 Å². The molecule has 0 amide bonds. The quantitative estimate of drug-likeness (QED) is 0.579. The highest BCUT2D eigenvalue weighted by molar-refractivity contribution is 7.94. The van der Waals surface area contributed by atoms with Crippen LogP contribution in [-0.2, 0) is 0 Å². The van der Waals surface area contributed by atoms with Crippen LogP contribution in [0.5, 0.6) is 5.75 Å². The Morgan fingerprint density at radius 2 is 1.95 bits per heavy atom. The highest BCUT2D eigenvalue weighted by Gasteiger charge is 2.07. The van der Waals surface area contributed by atoms with Gasteiger partial charge in [0.05, 0.1) is 22.3 Å². The minimum absolute atomic E-state index is 0.764. The third-order valence-electron chi connectivity index (χ3n) is 2.70. The zero-order chi connectivity index (χ0) is 13.2. The topological polar surface area (TPSA) is 48.1 Å². The molecular formula is C14H12N2OS2. The van der Waals surface area contributed by atoms with Crippen molar-refractivity contribution in [3.05, 3.63) is 42.5 Å². The van der Waals surface area contributed by atoms with Gasteiger partial charge in [-0.2, -0.15) is 0 Å². The zero-order valence-electron chi connectivity index (χ0n) is 10.3. The lowest BCUT2D eigenvalue weighted by molar-refractivity contribution is 0.652. The van der Waals surface area contributed by atoms with Crippen molar-refractivity contribution < 1.29 is 4.18 Å². The second kappa shape index (κ2) is 5.11. The summed E-state index contributed by atoms with van der Waals surface area (Å²) in [4.78, 5) is 4.63. The summed E-state index contributed by atoms with van der Waals surface area (Å²) in [6, 6.07) is 13.7. The molecule has 0 atom stereocenters. The number of benzene rings is 2. The van der Waals surface area contributed by atoms with Gasteiger partial charge in [0.25, 0.3) is 0 Å². The molecule has 5 heteroatoms. The summed E-state index contributed by atoms with van der Waals surface area (Å²) < 4.78 is 6.55. The zero-order valence-corrected chi connectivity index (χ0v) is 11.9. The van der Waals surface area contributed by atoms with Crippen molar-refractivity contribution in [3.63, 3.8) is 0 Å². The average molecular weight is 288 g/mol. The summed E-state index contributed by atoms with van der Waals surface area (Å²) in [5.41, 5.74) is 8.54. The first-order chi connectivity index (χ1) is 9.26. The maximum absolute atomic E-state index is 5.70. The van der Waals surface area contributed by atoms with Gasteiger partial charge in [0.15, 0.2) is 0 Å². The van der Waals surface area contributed by atoms with Gasteiger partial charge in [0.1, 0.15) is 10.8 Å². The Hall–Kier alpha value is -1.72. The molecule has 0 aliphatic heterocycles. The van der Waals surface area contributed by atoms with Gasteiger partial charge in [-0.15, -0.1) is 11.3 Å². The van der Waals surface area contributed by atoms with E-state index in [1.54, 1.807) is 11.3 Å². The lowest BCUT2D eigenvalue weighted by atomic mass is 10.2. The van der Waals surface area contributed by atoms with Crippen LogP contribution >= 0.6 is 23.4 Å². The van der Waals surface area contributed by atoms with Crippen LogP contribution < -0.4 is 9.92 Å². The normalized spacial score (nSPS) is 10.8. The van der Waals surface area contributed by atoms with E-state index in [9.17, 15) is 0 Å². The number of anilines is 1. The molecule has 1 heterocycles. The van der Waals surface area contributed by atoms with Crippen LogP contribution in [0.2, 0.25) is 0 Å². The summed E-state index contributed by atoms with van der Waals surface area (Å²) in [7, 11) is 0. The second-order valence-corrected chi connectivity index (χ2v) is 5.55. The summed E-state index contributed by atoms with van der Waals surface area (Å²) in [6.07, 6.45) is 1.90. The van der Waals surface area contributed by atoms with Crippen molar-refractivity contribution in [3.8, 4) is 16.3 Å². The Labute approximate surface area is 119 Å². The van der Waals surface area contributed by atoms with E-state index in [1.807, 2.05) is 48.7 Å². The van der Waals surface area contributed by atoms with Gasteiger partial charge in [-0.25, -0.2) is 4.98 Å². The highest BCUT2D eigenvalue weighted by Crippen LogP contribution is 2.33. The van der Waals surface area contributed by atoms with E-state index in [1.165, 1.54) is 12.0 Å². The second-order valence-electron chi connectivity index (χ2n) is 4.02. The Kier molecular flexibility index (Phi) is 3.31. The molecule has 2 N–H and O–H groups in total. The van der Waals surface area contributed by atoms with Crippen LogP contribution in [0, 0.1) is 0 Å². The first-order valence-corrected chi connectivity index (χ1v) is 7.70. The molecule has 3 rings (SSSR count). The standard InChI is InChI=1S/C14H12N2OS2/c1-18-17-11-6-7-12-13(8-11)19-14(16-12)9-2-4-10(15)5-3-9/h2-8H,15H2,1H3. The predicted molar refractivity (Wildman–Crippen MR) is 83.6 cm³/mol. The molecule has 0 spiro atoms. The molecule has 0 unspecified atom stereocenters.